The van der Waals surface area contributed by atoms with Gasteiger partial charge in [-0.15, -0.1) is 0 Å². The van der Waals surface area contributed by atoms with Gasteiger partial charge in [0.25, 0.3) is 0 Å². The number of benzene rings is 2. The first kappa shape index (κ1) is 20.2. The molecule has 2 aromatic carbocycles. The van der Waals surface area contributed by atoms with Crippen molar-refractivity contribution in [2.75, 3.05) is 5.32 Å². The summed E-state index contributed by atoms with van der Waals surface area (Å²) in [7, 11) is 1.99. The average molecular weight is 405 g/mol. The average Bonchev–Trinajstić information content (AvgIpc) is 2.95. The van der Waals surface area contributed by atoms with Crippen molar-refractivity contribution in [3.63, 3.8) is 0 Å². The number of rotatable bonds is 4. The molecule has 0 spiro atoms. The quantitative estimate of drug-likeness (QED) is 0.554. The molecule has 0 aliphatic rings. The van der Waals surface area contributed by atoms with Crippen molar-refractivity contribution >= 4 is 33.9 Å². The molecule has 0 bridgehead atoms. The highest BCUT2D eigenvalue weighted by atomic mass is 32.1. The number of aryl methyl sites for hydroxylation is 1. The van der Waals surface area contributed by atoms with Crippen molar-refractivity contribution in [1.29, 1.82) is 0 Å². The Balaban J connectivity index is 1.83. The second-order valence-electron chi connectivity index (χ2n) is 7.01. The summed E-state index contributed by atoms with van der Waals surface area (Å²) in [5.74, 6) is 0. The number of anilines is 1. The first-order chi connectivity index (χ1) is 13.2. The largest absolute Gasteiger partial charge is 0.416 e. The van der Waals surface area contributed by atoms with Gasteiger partial charge in [-0.3, -0.25) is 0 Å². The SMILES string of the molecule is CC(C)N(Cc1cn(C)c2ccccc12)C(=S)Nc1cccc(C(F)(F)F)c1. The highest BCUT2D eigenvalue weighted by Gasteiger charge is 2.30. The number of hydrogen-bond acceptors (Lipinski definition) is 1. The molecular weight excluding hydrogens is 383 g/mol. The van der Waals surface area contributed by atoms with Gasteiger partial charge in [0, 0.05) is 42.4 Å². The van der Waals surface area contributed by atoms with Crippen molar-refractivity contribution < 1.29 is 13.2 Å². The van der Waals surface area contributed by atoms with E-state index in [9.17, 15) is 13.2 Å². The molecule has 0 unspecified atom stereocenters. The maximum atomic E-state index is 13.0. The number of aromatic nitrogens is 1. The van der Waals surface area contributed by atoms with Crippen LogP contribution in [0.15, 0.2) is 54.7 Å². The molecule has 0 amide bonds. The Morgan fingerprint density at radius 1 is 1.14 bits per heavy atom. The number of alkyl halides is 3. The normalized spacial score (nSPS) is 11.8. The molecule has 3 nitrogen and oxygen atoms in total. The second-order valence-corrected chi connectivity index (χ2v) is 7.40. The standard InChI is InChI=1S/C21H22F3N3S/c1-14(2)27(13-15-12-26(3)19-10-5-4-9-18(15)19)20(28)25-17-8-6-7-16(11-17)21(22,23)24/h4-12,14H,13H2,1-3H3,(H,25,28). The number of para-hydroxylation sites is 1. The zero-order valence-electron chi connectivity index (χ0n) is 15.9. The highest BCUT2D eigenvalue weighted by Crippen LogP contribution is 2.31. The Morgan fingerprint density at radius 3 is 2.54 bits per heavy atom. The molecule has 0 saturated heterocycles. The smallest absolute Gasteiger partial charge is 0.350 e. The maximum absolute atomic E-state index is 13.0. The topological polar surface area (TPSA) is 20.2 Å². The molecule has 0 aliphatic carbocycles. The third-order valence-electron chi connectivity index (χ3n) is 4.65. The molecule has 0 radical (unpaired) electrons. The zero-order chi connectivity index (χ0) is 20.5. The molecule has 0 saturated carbocycles. The predicted octanol–water partition coefficient (Wildman–Crippen LogP) is 5.80. The van der Waals surface area contributed by atoms with Crippen LogP contribution in [0.25, 0.3) is 10.9 Å². The summed E-state index contributed by atoms with van der Waals surface area (Å²) in [5.41, 5.74) is 1.85. The predicted molar refractivity (Wildman–Crippen MR) is 111 cm³/mol. The van der Waals surface area contributed by atoms with Gasteiger partial charge in [0.2, 0.25) is 0 Å². The second kappa shape index (κ2) is 7.83. The van der Waals surface area contributed by atoms with E-state index in [4.69, 9.17) is 12.2 Å². The van der Waals surface area contributed by atoms with Crippen LogP contribution in [-0.4, -0.2) is 20.6 Å². The van der Waals surface area contributed by atoms with E-state index in [0.29, 0.717) is 17.3 Å². The molecule has 0 fully saturated rings. The van der Waals surface area contributed by atoms with E-state index < -0.39 is 11.7 Å². The Hall–Kier alpha value is -2.54. The van der Waals surface area contributed by atoms with Gasteiger partial charge >= 0.3 is 6.18 Å². The fourth-order valence-corrected chi connectivity index (χ4v) is 3.59. The Morgan fingerprint density at radius 2 is 1.86 bits per heavy atom. The minimum absolute atomic E-state index is 0.0739. The van der Waals surface area contributed by atoms with E-state index in [-0.39, 0.29) is 6.04 Å². The van der Waals surface area contributed by atoms with Crippen LogP contribution in [0.3, 0.4) is 0 Å². The van der Waals surface area contributed by atoms with E-state index in [1.807, 2.05) is 37.9 Å². The Labute approximate surface area is 167 Å². The van der Waals surface area contributed by atoms with Gasteiger partial charge in [-0.25, -0.2) is 0 Å². The highest BCUT2D eigenvalue weighted by molar-refractivity contribution is 7.80. The lowest BCUT2D eigenvalue weighted by atomic mass is 10.1. The molecule has 7 heteroatoms. The number of thiocarbonyl (C=S) groups is 1. The van der Waals surface area contributed by atoms with Gasteiger partial charge in [0.05, 0.1) is 5.56 Å². The molecule has 1 heterocycles. The number of nitrogens with one attached hydrogen (secondary N) is 1. The molecule has 148 valence electrons. The number of halogens is 3. The maximum Gasteiger partial charge on any atom is 0.416 e. The Bertz CT molecular complexity index is 992. The molecule has 0 atom stereocenters. The van der Waals surface area contributed by atoms with Crippen LogP contribution < -0.4 is 5.32 Å². The first-order valence-corrected chi connectivity index (χ1v) is 9.35. The summed E-state index contributed by atoms with van der Waals surface area (Å²) < 4.78 is 40.9. The van der Waals surface area contributed by atoms with Crippen molar-refractivity contribution in [1.82, 2.24) is 9.47 Å². The Kier molecular flexibility index (Phi) is 5.65. The summed E-state index contributed by atoms with van der Waals surface area (Å²) in [6, 6.07) is 13.2. The minimum Gasteiger partial charge on any atom is -0.350 e. The van der Waals surface area contributed by atoms with Crippen LogP contribution in [0, 0.1) is 0 Å². The van der Waals surface area contributed by atoms with Crippen LogP contribution in [0.2, 0.25) is 0 Å². The molecule has 1 aromatic heterocycles. The van der Waals surface area contributed by atoms with Crippen LogP contribution in [0.1, 0.15) is 25.0 Å². The minimum atomic E-state index is -4.39. The number of hydrogen-bond donors (Lipinski definition) is 1. The zero-order valence-corrected chi connectivity index (χ0v) is 16.7. The lowest BCUT2D eigenvalue weighted by Crippen LogP contribution is -2.39. The first-order valence-electron chi connectivity index (χ1n) is 8.94. The fraction of sp³-hybridized carbons (Fsp3) is 0.286. The molecule has 0 aliphatic heterocycles. The van der Waals surface area contributed by atoms with Crippen LogP contribution in [-0.2, 0) is 19.8 Å². The van der Waals surface area contributed by atoms with Gasteiger partial charge in [-0.2, -0.15) is 13.2 Å². The van der Waals surface area contributed by atoms with Gasteiger partial charge in [-0.05, 0) is 55.9 Å². The summed E-state index contributed by atoms with van der Waals surface area (Å²) >= 11 is 5.53. The van der Waals surface area contributed by atoms with Gasteiger partial charge in [0.1, 0.15) is 0 Å². The monoisotopic (exact) mass is 405 g/mol. The molecular formula is C21H22F3N3S. The van der Waals surface area contributed by atoms with Crippen molar-refractivity contribution in [2.45, 2.75) is 32.6 Å². The molecule has 3 rings (SSSR count). The van der Waals surface area contributed by atoms with E-state index in [2.05, 4.69) is 28.2 Å². The van der Waals surface area contributed by atoms with Gasteiger partial charge in [-0.1, -0.05) is 24.3 Å². The summed E-state index contributed by atoms with van der Waals surface area (Å²) in [4.78, 5) is 1.97. The van der Waals surface area contributed by atoms with E-state index >= 15 is 0 Å². The van der Waals surface area contributed by atoms with Crippen molar-refractivity contribution in [2.24, 2.45) is 7.05 Å². The molecule has 3 aromatic rings. The summed E-state index contributed by atoms with van der Waals surface area (Å²) in [5, 5.41) is 4.49. The van der Waals surface area contributed by atoms with Crippen LogP contribution in [0.5, 0.6) is 0 Å². The van der Waals surface area contributed by atoms with Gasteiger partial charge < -0.3 is 14.8 Å². The van der Waals surface area contributed by atoms with E-state index in [1.54, 1.807) is 6.07 Å². The molecule has 1 N–H and O–H groups in total. The van der Waals surface area contributed by atoms with E-state index in [1.165, 1.54) is 6.07 Å². The van der Waals surface area contributed by atoms with Crippen molar-refractivity contribution in [3.05, 3.63) is 65.9 Å². The lowest BCUT2D eigenvalue weighted by Gasteiger charge is -2.29. The summed E-state index contributed by atoms with van der Waals surface area (Å²) in [6.45, 7) is 4.57. The van der Waals surface area contributed by atoms with Crippen LogP contribution in [0.4, 0.5) is 18.9 Å². The van der Waals surface area contributed by atoms with Crippen molar-refractivity contribution in [3.8, 4) is 0 Å². The third kappa shape index (κ3) is 4.30. The van der Waals surface area contributed by atoms with E-state index in [0.717, 1.165) is 28.6 Å². The molecule has 28 heavy (non-hydrogen) atoms. The lowest BCUT2D eigenvalue weighted by molar-refractivity contribution is -0.137. The summed E-state index contributed by atoms with van der Waals surface area (Å²) in [6.07, 6.45) is -2.33. The van der Waals surface area contributed by atoms with Crippen LogP contribution >= 0.6 is 12.2 Å². The fourth-order valence-electron chi connectivity index (χ4n) is 3.19. The number of nitrogens with zero attached hydrogens (tertiary/aromatic N) is 2. The number of fused-ring (bicyclic) bond motifs is 1. The third-order valence-corrected chi connectivity index (χ3v) is 4.98. The van der Waals surface area contributed by atoms with Gasteiger partial charge in [0.15, 0.2) is 5.11 Å².